The highest BCUT2D eigenvalue weighted by Crippen LogP contribution is 2.23. The summed E-state index contributed by atoms with van der Waals surface area (Å²) in [6, 6.07) is 6.12. The van der Waals surface area contributed by atoms with Crippen LogP contribution in [0.3, 0.4) is 0 Å². The Kier molecular flexibility index (Phi) is 8.87. The molecule has 2 rings (SSSR count). The first-order valence-electron chi connectivity index (χ1n) is 10.0. The van der Waals surface area contributed by atoms with Crippen LogP contribution in [0, 0.1) is 16.0 Å². The maximum Gasteiger partial charge on any atom is 0.292 e. The lowest BCUT2D eigenvalue weighted by atomic mass is 9.95. The molecule has 154 valence electrons. The third-order valence-corrected chi connectivity index (χ3v) is 5.07. The number of carbonyl (C=O) groups is 2. The molecule has 1 saturated heterocycles. The minimum atomic E-state index is -0.506. The van der Waals surface area contributed by atoms with Gasteiger partial charge >= 0.3 is 0 Å². The number of unbranched alkanes of at least 4 members (excludes halogenated alkanes) is 2. The van der Waals surface area contributed by atoms with E-state index >= 15 is 0 Å². The molecule has 0 aliphatic carbocycles. The molecule has 0 unspecified atom stereocenters. The first-order valence-corrected chi connectivity index (χ1v) is 10.0. The molecule has 2 N–H and O–H groups in total. The van der Waals surface area contributed by atoms with Gasteiger partial charge in [0.15, 0.2) is 0 Å². The van der Waals surface area contributed by atoms with Crippen LogP contribution in [0.4, 0.5) is 11.4 Å². The molecule has 28 heavy (non-hydrogen) atoms. The van der Waals surface area contributed by atoms with Gasteiger partial charge in [0.05, 0.1) is 4.92 Å². The van der Waals surface area contributed by atoms with Crippen molar-refractivity contribution in [2.45, 2.75) is 45.4 Å². The summed E-state index contributed by atoms with van der Waals surface area (Å²) in [6.45, 7) is 5.03. The molecule has 1 aromatic carbocycles. The lowest BCUT2D eigenvalue weighted by molar-refractivity contribution is -0.383. The number of nitrogens with one attached hydrogen (secondary N) is 2. The van der Waals surface area contributed by atoms with E-state index in [2.05, 4.69) is 22.5 Å². The number of nitro benzene ring substituents is 1. The number of benzene rings is 1. The van der Waals surface area contributed by atoms with Gasteiger partial charge in [-0.25, -0.2) is 0 Å². The number of nitro groups is 1. The van der Waals surface area contributed by atoms with E-state index < -0.39 is 4.92 Å². The van der Waals surface area contributed by atoms with Crippen molar-refractivity contribution in [3.8, 4) is 0 Å². The van der Waals surface area contributed by atoms with Crippen LogP contribution in [0.5, 0.6) is 0 Å². The highest BCUT2D eigenvalue weighted by molar-refractivity contribution is 5.93. The molecule has 1 aromatic rings. The zero-order chi connectivity index (χ0) is 20.4. The molecule has 0 radical (unpaired) electrons. The van der Waals surface area contributed by atoms with Gasteiger partial charge in [-0.15, -0.1) is 0 Å². The normalized spacial score (nSPS) is 15.2. The van der Waals surface area contributed by atoms with Crippen LogP contribution < -0.4 is 10.6 Å². The first kappa shape index (κ1) is 21.8. The molecule has 1 aliphatic rings. The van der Waals surface area contributed by atoms with Gasteiger partial charge in [0.25, 0.3) is 5.69 Å². The average Bonchev–Trinajstić information content (AvgIpc) is 2.70. The number of para-hydroxylation sites is 2. The number of likely N-dealkylation sites (tertiary alicyclic amines) is 1. The number of anilines is 1. The van der Waals surface area contributed by atoms with E-state index in [4.69, 9.17) is 0 Å². The summed E-state index contributed by atoms with van der Waals surface area (Å²) in [4.78, 5) is 37.0. The number of nitrogens with zero attached hydrogens (tertiary/aromatic N) is 2. The summed E-state index contributed by atoms with van der Waals surface area (Å²) in [5, 5.41) is 16.6. The molecule has 0 atom stereocenters. The monoisotopic (exact) mass is 390 g/mol. The third-order valence-electron chi connectivity index (χ3n) is 5.07. The van der Waals surface area contributed by atoms with E-state index in [-0.39, 0.29) is 35.5 Å². The van der Waals surface area contributed by atoms with Crippen molar-refractivity contribution in [2.24, 2.45) is 5.92 Å². The predicted octanol–water partition coefficient (Wildman–Crippen LogP) is 2.94. The fourth-order valence-corrected chi connectivity index (χ4v) is 3.36. The Hall–Kier alpha value is -2.48. The van der Waals surface area contributed by atoms with Crippen molar-refractivity contribution < 1.29 is 14.5 Å². The van der Waals surface area contributed by atoms with Crippen molar-refractivity contribution in [1.29, 1.82) is 0 Å². The zero-order valence-electron chi connectivity index (χ0n) is 16.5. The number of amides is 2. The zero-order valence-corrected chi connectivity index (χ0v) is 16.5. The van der Waals surface area contributed by atoms with Gasteiger partial charge in [-0.05, 0) is 38.4 Å². The van der Waals surface area contributed by atoms with Crippen LogP contribution >= 0.6 is 0 Å². The lowest BCUT2D eigenvalue weighted by Gasteiger charge is -2.31. The van der Waals surface area contributed by atoms with Crippen molar-refractivity contribution in [1.82, 2.24) is 10.2 Å². The van der Waals surface area contributed by atoms with E-state index in [9.17, 15) is 19.7 Å². The van der Waals surface area contributed by atoms with Gasteiger partial charge < -0.3 is 15.5 Å². The Morgan fingerprint density at radius 1 is 1.21 bits per heavy atom. The van der Waals surface area contributed by atoms with Gasteiger partial charge in [0, 0.05) is 31.5 Å². The Balaban J connectivity index is 1.69. The molecular formula is C20H30N4O4. The number of hydrogen-bond donors (Lipinski definition) is 2. The van der Waals surface area contributed by atoms with Gasteiger partial charge in [-0.3, -0.25) is 19.7 Å². The summed E-state index contributed by atoms with van der Waals surface area (Å²) in [7, 11) is 0. The second-order valence-corrected chi connectivity index (χ2v) is 7.19. The van der Waals surface area contributed by atoms with Crippen LogP contribution in [-0.4, -0.2) is 47.8 Å². The molecule has 0 aromatic heterocycles. The van der Waals surface area contributed by atoms with E-state index in [0.717, 1.165) is 51.7 Å². The molecule has 1 fully saturated rings. The van der Waals surface area contributed by atoms with Gasteiger partial charge in [-0.1, -0.05) is 31.9 Å². The quantitative estimate of drug-likeness (QED) is 0.363. The average molecular weight is 390 g/mol. The fraction of sp³-hybridized carbons (Fsp3) is 0.600. The van der Waals surface area contributed by atoms with Crippen LogP contribution in [0.1, 0.15) is 45.4 Å². The number of hydrogen-bond acceptors (Lipinski definition) is 5. The minimum absolute atomic E-state index is 0.0543. The molecule has 8 nitrogen and oxygen atoms in total. The number of piperidine rings is 1. The summed E-state index contributed by atoms with van der Waals surface area (Å²) >= 11 is 0. The Morgan fingerprint density at radius 3 is 2.61 bits per heavy atom. The molecule has 8 heteroatoms. The molecule has 1 heterocycles. The maximum absolute atomic E-state index is 12.2. The predicted molar refractivity (Wildman–Crippen MR) is 108 cm³/mol. The van der Waals surface area contributed by atoms with E-state index in [1.165, 1.54) is 12.1 Å². The second kappa shape index (κ2) is 11.4. The third kappa shape index (κ3) is 6.92. The lowest BCUT2D eigenvalue weighted by Crippen LogP contribution is -2.41. The Morgan fingerprint density at radius 2 is 1.93 bits per heavy atom. The molecular weight excluding hydrogens is 360 g/mol. The summed E-state index contributed by atoms with van der Waals surface area (Å²) < 4.78 is 0. The minimum Gasteiger partial charge on any atom is -0.356 e. The molecule has 0 bridgehead atoms. The smallest absolute Gasteiger partial charge is 0.292 e. The van der Waals surface area contributed by atoms with Crippen molar-refractivity contribution in [3.05, 3.63) is 34.4 Å². The SMILES string of the molecule is CCCCCNC(=O)C1CCN(CCC(=O)Nc2ccccc2[N+](=O)[O-])CC1. The molecule has 0 spiro atoms. The largest absolute Gasteiger partial charge is 0.356 e. The molecule has 0 saturated carbocycles. The topological polar surface area (TPSA) is 105 Å². The maximum atomic E-state index is 12.2. The highest BCUT2D eigenvalue weighted by Gasteiger charge is 2.25. The summed E-state index contributed by atoms with van der Waals surface area (Å²) in [5.41, 5.74) is 0.109. The standard InChI is InChI=1S/C20H30N4O4/c1-2-3-6-12-21-20(26)16-9-13-23(14-10-16)15-11-19(25)22-17-7-4-5-8-18(17)24(27)28/h4-5,7-8,16H,2-3,6,9-15H2,1H3,(H,21,26)(H,22,25). The van der Waals surface area contributed by atoms with Crippen molar-refractivity contribution >= 4 is 23.2 Å². The second-order valence-electron chi connectivity index (χ2n) is 7.19. The Labute approximate surface area is 165 Å². The Bertz CT molecular complexity index is 672. The molecule has 1 aliphatic heterocycles. The van der Waals surface area contributed by atoms with Crippen molar-refractivity contribution in [3.63, 3.8) is 0 Å². The van der Waals surface area contributed by atoms with Crippen LogP contribution in [0.25, 0.3) is 0 Å². The van der Waals surface area contributed by atoms with Crippen LogP contribution in [0.2, 0.25) is 0 Å². The van der Waals surface area contributed by atoms with Crippen molar-refractivity contribution in [2.75, 3.05) is 31.5 Å². The number of carbonyl (C=O) groups excluding carboxylic acids is 2. The van der Waals surface area contributed by atoms with E-state index in [1.54, 1.807) is 12.1 Å². The van der Waals surface area contributed by atoms with E-state index in [1.807, 2.05) is 0 Å². The van der Waals surface area contributed by atoms with Gasteiger partial charge in [-0.2, -0.15) is 0 Å². The van der Waals surface area contributed by atoms with Crippen LogP contribution in [-0.2, 0) is 9.59 Å². The van der Waals surface area contributed by atoms with Crippen LogP contribution in [0.15, 0.2) is 24.3 Å². The first-order chi connectivity index (χ1) is 13.5. The number of rotatable bonds is 10. The molecule has 2 amide bonds. The fourth-order valence-electron chi connectivity index (χ4n) is 3.36. The highest BCUT2D eigenvalue weighted by atomic mass is 16.6. The van der Waals surface area contributed by atoms with Gasteiger partial charge in [0.1, 0.15) is 5.69 Å². The summed E-state index contributed by atoms with van der Waals surface area (Å²) in [5.74, 6) is -0.0476. The van der Waals surface area contributed by atoms with E-state index in [0.29, 0.717) is 6.54 Å². The summed E-state index contributed by atoms with van der Waals surface area (Å²) in [6.07, 6.45) is 5.15. The van der Waals surface area contributed by atoms with Gasteiger partial charge in [0.2, 0.25) is 11.8 Å².